The number of anilines is 1. The van der Waals surface area contributed by atoms with Crippen molar-refractivity contribution in [2.24, 2.45) is 0 Å². The normalized spacial score (nSPS) is 15.7. The fourth-order valence-electron chi connectivity index (χ4n) is 3.81. The Bertz CT molecular complexity index is 751. The third kappa shape index (κ3) is 4.44. The predicted molar refractivity (Wildman–Crippen MR) is 106 cm³/mol. The Labute approximate surface area is 156 Å². The number of rotatable bonds is 5. The molecule has 2 aromatic carbocycles. The van der Waals surface area contributed by atoms with Crippen molar-refractivity contribution >= 4 is 11.6 Å². The molecule has 0 saturated carbocycles. The average molecular weight is 352 g/mol. The highest BCUT2D eigenvalue weighted by Gasteiger charge is 2.27. The summed E-state index contributed by atoms with van der Waals surface area (Å²) in [6, 6.07) is 16.7. The van der Waals surface area contributed by atoms with Gasteiger partial charge in [-0.3, -0.25) is 9.69 Å². The number of ether oxygens (including phenoxy) is 1. The Morgan fingerprint density at radius 1 is 1.15 bits per heavy atom. The number of piperidine rings is 1. The second-order valence-corrected chi connectivity index (χ2v) is 7.09. The molecule has 0 aliphatic carbocycles. The van der Waals surface area contributed by atoms with Gasteiger partial charge in [-0.15, -0.1) is 0 Å². The van der Waals surface area contributed by atoms with Gasteiger partial charge in [-0.25, -0.2) is 0 Å². The number of methoxy groups -OCH3 is 1. The molecule has 0 atom stereocenters. The average Bonchev–Trinajstić information content (AvgIpc) is 2.63. The summed E-state index contributed by atoms with van der Waals surface area (Å²) in [5, 5.41) is 0. The van der Waals surface area contributed by atoms with E-state index in [-0.39, 0.29) is 11.9 Å². The largest absolute Gasteiger partial charge is 0.497 e. The first-order chi connectivity index (χ1) is 12.6. The predicted octanol–water partition coefficient (Wildman–Crippen LogP) is 4.02. The molecular weight excluding hydrogens is 324 g/mol. The van der Waals surface area contributed by atoms with Crippen LogP contribution in [-0.2, 0) is 11.3 Å². The van der Waals surface area contributed by atoms with Crippen LogP contribution in [-0.4, -0.2) is 37.0 Å². The number of carbonyl (C=O) groups is 1. The number of aryl methyl sites for hydroxylation is 1. The molecule has 1 saturated heterocycles. The summed E-state index contributed by atoms with van der Waals surface area (Å²) in [4.78, 5) is 16.7. The van der Waals surface area contributed by atoms with Gasteiger partial charge in [-0.2, -0.15) is 0 Å². The Kier molecular flexibility index (Phi) is 5.94. The van der Waals surface area contributed by atoms with Crippen LogP contribution < -0.4 is 9.64 Å². The molecule has 0 spiro atoms. The van der Waals surface area contributed by atoms with Crippen LogP contribution in [0, 0.1) is 6.92 Å². The Hall–Kier alpha value is -2.33. The maximum absolute atomic E-state index is 12.3. The first kappa shape index (κ1) is 18.5. The molecule has 1 fully saturated rings. The van der Waals surface area contributed by atoms with Crippen LogP contribution in [0.2, 0.25) is 0 Å². The van der Waals surface area contributed by atoms with Gasteiger partial charge in [0.05, 0.1) is 7.11 Å². The molecule has 4 nitrogen and oxygen atoms in total. The van der Waals surface area contributed by atoms with Crippen LogP contribution >= 0.6 is 0 Å². The lowest BCUT2D eigenvalue weighted by Gasteiger charge is -2.38. The van der Waals surface area contributed by atoms with Gasteiger partial charge in [0.15, 0.2) is 0 Å². The van der Waals surface area contributed by atoms with Crippen molar-refractivity contribution in [3.05, 3.63) is 59.7 Å². The molecule has 138 valence electrons. The second-order valence-electron chi connectivity index (χ2n) is 7.09. The number of benzene rings is 2. The third-order valence-corrected chi connectivity index (χ3v) is 5.08. The zero-order valence-corrected chi connectivity index (χ0v) is 15.9. The highest BCUT2D eigenvalue weighted by molar-refractivity contribution is 5.92. The molecule has 1 amide bonds. The third-order valence-electron chi connectivity index (χ3n) is 5.08. The SMILES string of the molecule is COc1cccc(N(C(C)=O)C2CCN(Cc3cccc(C)c3)CC2)c1. The molecule has 0 aromatic heterocycles. The molecule has 26 heavy (non-hydrogen) atoms. The van der Waals surface area contributed by atoms with Crippen molar-refractivity contribution in [1.82, 2.24) is 4.90 Å². The van der Waals surface area contributed by atoms with E-state index in [1.165, 1.54) is 11.1 Å². The second kappa shape index (κ2) is 8.37. The molecule has 4 heteroatoms. The molecule has 1 aliphatic rings. The van der Waals surface area contributed by atoms with E-state index >= 15 is 0 Å². The van der Waals surface area contributed by atoms with Crippen LogP contribution in [0.1, 0.15) is 30.9 Å². The van der Waals surface area contributed by atoms with Gasteiger partial charge >= 0.3 is 0 Å². The van der Waals surface area contributed by atoms with Gasteiger partial charge in [0.1, 0.15) is 5.75 Å². The summed E-state index contributed by atoms with van der Waals surface area (Å²) < 4.78 is 5.32. The van der Waals surface area contributed by atoms with Gasteiger partial charge in [0, 0.05) is 44.4 Å². The van der Waals surface area contributed by atoms with Gasteiger partial charge < -0.3 is 9.64 Å². The number of nitrogens with zero attached hydrogens (tertiary/aromatic N) is 2. The highest BCUT2D eigenvalue weighted by Crippen LogP contribution is 2.27. The maximum atomic E-state index is 12.3. The summed E-state index contributed by atoms with van der Waals surface area (Å²) >= 11 is 0. The van der Waals surface area contributed by atoms with E-state index in [1.54, 1.807) is 14.0 Å². The maximum Gasteiger partial charge on any atom is 0.224 e. The molecule has 0 radical (unpaired) electrons. The van der Waals surface area contributed by atoms with Crippen molar-refractivity contribution in [2.75, 3.05) is 25.1 Å². The summed E-state index contributed by atoms with van der Waals surface area (Å²) in [7, 11) is 1.65. The van der Waals surface area contributed by atoms with Crippen molar-refractivity contribution in [2.45, 2.75) is 39.3 Å². The first-order valence-electron chi connectivity index (χ1n) is 9.28. The fraction of sp³-hybridized carbons (Fsp3) is 0.409. The van der Waals surface area contributed by atoms with Crippen molar-refractivity contribution in [1.29, 1.82) is 0 Å². The summed E-state index contributed by atoms with van der Waals surface area (Å²) in [6.07, 6.45) is 1.98. The monoisotopic (exact) mass is 352 g/mol. The quantitative estimate of drug-likeness (QED) is 0.815. The lowest BCUT2D eigenvalue weighted by molar-refractivity contribution is -0.117. The summed E-state index contributed by atoms with van der Waals surface area (Å²) in [6.45, 7) is 6.78. The molecule has 1 heterocycles. The van der Waals surface area contributed by atoms with E-state index in [1.807, 2.05) is 29.2 Å². The van der Waals surface area contributed by atoms with Crippen LogP contribution in [0.25, 0.3) is 0 Å². The molecule has 2 aromatic rings. The van der Waals surface area contributed by atoms with Gasteiger partial charge in [0.25, 0.3) is 0 Å². The lowest BCUT2D eigenvalue weighted by atomic mass is 10.0. The van der Waals surface area contributed by atoms with E-state index in [0.717, 1.165) is 43.9 Å². The summed E-state index contributed by atoms with van der Waals surface area (Å²) in [5.74, 6) is 0.876. The van der Waals surface area contributed by atoms with Gasteiger partial charge in [0.2, 0.25) is 5.91 Å². The van der Waals surface area contributed by atoms with Gasteiger partial charge in [-0.1, -0.05) is 35.9 Å². The van der Waals surface area contributed by atoms with E-state index in [0.29, 0.717) is 0 Å². The Morgan fingerprint density at radius 2 is 1.88 bits per heavy atom. The fourth-order valence-corrected chi connectivity index (χ4v) is 3.81. The molecule has 0 N–H and O–H groups in total. The first-order valence-corrected chi connectivity index (χ1v) is 9.28. The number of carbonyl (C=O) groups excluding carboxylic acids is 1. The molecular formula is C22H28N2O2. The topological polar surface area (TPSA) is 32.8 Å². The van der Waals surface area contributed by atoms with E-state index in [4.69, 9.17) is 4.74 Å². The smallest absolute Gasteiger partial charge is 0.224 e. The molecule has 3 rings (SSSR count). The van der Waals surface area contributed by atoms with Crippen LogP contribution in [0.5, 0.6) is 5.75 Å². The number of hydrogen-bond acceptors (Lipinski definition) is 3. The van der Waals surface area contributed by atoms with E-state index < -0.39 is 0 Å². The minimum atomic E-state index is 0.0930. The molecule has 0 bridgehead atoms. The number of amides is 1. The number of likely N-dealkylation sites (tertiary alicyclic amines) is 1. The Balaban J connectivity index is 1.65. The minimum absolute atomic E-state index is 0.0930. The van der Waals surface area contributed by atoms with E-state index in [9.17, 15) is 4.79 Å². The van der Waals surface area contributed by atoms with Crippen molar-refractivity contribution < 1.29 is 9.53 Å². The van der Waals surface area contributed by atoms with Crippen LogP contribution in [0.15, 0.2) is 48.5 Å². The van der Waals surface area contributed by atoms with Crippen molar-refractivity contribution in [3.63, 3.8) is 0 Å². The van der Waals surface area contributed by atoms with E-state index in [2.05, 4.69) is 36.1 Å². The zero-order chi connectivity index (χ0) is 18.5. The van der Waals surface area contributed by atoms with Crippen LogP contribution in [0.3, 0.4) is 0 Å². The van der Waals surface area contributed by atoms with Gasteiger partial charge in [-0.05, 0) is 37.5 Å². The highest BCUT2D eigenvalue weighted by atomic mass is 16.5. The zero-order valence-electron chi connectivity index (χ0n) is 15.9. The standard InChI is InChI=1S/C22H28N2O2/c1-17-6-4-7-19(14-17)16-23-12-10-20(11-13-23)24(18(2)25)21-8-5-9-22(15-21)26-3/h4-9,14-15,20H,10-13,16H2,1-3H3. The molecule has 0 unspecified atom stereocenters. The minimum Gasteiger partial charge on any atom is -0.497 e. The Morgan fingerprint density at radius 3 is 2.54 bits per heavy atom. The lowest BCUT2D eigenvalue weighted by Crippen LogP contribution is -2.46. The molecule has 1 aliphatic heterocycles. The van der Waals surface area contributed by atoms with Crippen molar-refractivity contribution in [3.8, 4) is 5.75 Å². The number of hydrogen-bond donors (Lipinski definition) is 0. The van der Waals surface area contributed by atoms with Crippen LogP contribution in [0.4, 0.5) is 5.69 Å². The summed E-state index contributed by atoms with van der Waals surface area (Å²) in [5.41, 5.74) is 3.59.